The lowest BCUT2D eigenvalue weighted by molar-refractivity contribution is 0.0930. The Balaban J connectivity index is 1.76. The molecule has 1 aromatic carbocycles. The summed E-state index contributed by atoms with van der Waals surface area (Å²) in [6, 6.07) is 10.1. The van der Waals surface area contributed by atoms with E-state index in [1.165, 1.54) is 5.56 Å². The fraction of sp³-hybridized carbons (Fsp3) is 0.545. The van der Waals surface area contributed by atoms with Crippen LogP contribution < -0.4 is 10.1 Å². The third kappa shape index (κ3) is 4.55. The van der Waals surface area contributed by atoms with E-state index in [0.29, 0.717) is 5.69 Å². The molecule has 0 spiro atoms. The van der Waals surface area contributed by atoms with E-state index in [-0.39, 0.29) is 23.3 Å². The molecule has 6 heteroatoms. The number of ether oxygens (including phenoxy) is 1. The normalized spacial score (nSPS) is 20.3. The van der Waals surface area contributed by atoms with Gasteiger partial charge in [0.05, 0.1) is 7.11 Å². The van der Waals surface area contributed by atoms with Gasteiger partial charge in [0.25, 0.3) is 5.91 Å². The maximum Gasteiger partial charge on any atom is 0.272 e. The van der Waals surface area contributed by atoms with E-state index in [2.05, 4.69) is 60.2 Å². The number of carbonyl (C=O) groups excluding carboxylic acids is 1. The van der Waals surface area contributed by atoms with E-state index in [1.807, 2.05) is 18.2 Å². The van der Waals surface area contributed by atoms with Crippen molar-refractivity contribution in [1.29, 1.82) is 0 Å². The fourth-order valence-electron chi connectivity index (χ4n) is 3.78. The first-order valence-electron chi connectivity index (χ1n) is 10.0. The number of hydrogen-bond donors (Lipinski definition) is 2. The van der Waals surface area contributed by atoms with Crippen molar-refractivity contribution in [2.24, 2.45) is 0 Å². The topological polar surface area (TPSA) is 70.2 Å². The van der Waals surface area contributed by atoms with Gasteiger partial charge in [-0.15, -0.1) is 0 Å². The van der Waals surface area contributed by atoms with Crippen molar-refractivity contribution in [3.63, 3.8) is 0 Å². The molecule has 2 atom stereocenters. The maximum atomic E-state index is 12.9. The molecule has 3 rings (SSSR count). The van der Waals surface area contributed by atoms with Gasteiger partial charge in [0, 0.05) is 36.2 Å². The SMILES string of the molecule is CCCN1C[C@H](NC(=O)c2cc(C(C)(C)C)[nH]n2)[C@@H](c2ccc(OC)cc2)C1. The number of carbonyl (C=O) groups is 1. The summed E-state index contributed by atoms with van der Waals surface area (Å²) in [5.74, 6) is 0.982. The summed E-state index contributed by atoms with van der Waals surface area (Å²) in [4.78, 5) is 15.3. The van der Waals surface area contributed by atoms with E-state index in [4.69, 9.17) is 4.74 Å². The summed E-state index contributed by atoms with van der Waals surface area (Å²) in [5, 5.41) is 10.5. The molecule has 28 heavy (non-hydrogen) atoms. The number of aromatic nitrogens is 2. The zero-order valence-corrected chi connectivity index (χ0v) is 17.6. The summed E-state index contributed by atoms with van der Waals surface area (Å²) >= 11 is 0. The Kier molecular flexibility index (Phi) is 6.08. The number of methoxy groups -OCH3 is 1. The van der Waals surface area contributed by atoms with Crippen molar-refractivity contribution >= 4 is 5.91 Å². The molecular weight excluding hydrogens is 352 g/mol. The third-order valence-electron chi connectivity index (χ3n) is 5.41. The second kappa shape index (κ2) is 8.35. The highest BCUT2D eigenvalue weighted by Crippen LogP contribution is 2.29. The number of H-pyrrole nitrogens is 1. The van der Waals surface area contributed by atoms with Crippen molar-refractivity contribution in [3.05, 3.63) is 47.3 Å². The van der Waals surface area contributed by atoms with Crippen LogP contribution in [0.1, 0.15) is 61.8 Å². The van der Waals surface area contributed by atoms with Crippen LogP contribution in [0.15, 0.2) is 30.3 Å². The summed E-state index contributed by atoms with van der Waals surface area (Å²) < 4.78 is 5.28. The number of hydrogen-bond acceptors (Lipinski definition) is 4. The molecule has 1 amide bonds. The highest BCUT2D eigenvalue weighted by Gasteiger charge is 2.35. The van der Waals surface area contributed by atoms with Gasteiger partial charge in [-0.25, -0.2) is 0 Å². The van der Waals surface area contributed by atoms with E-state index < -0.39 is 0 Å². The molecule has 152 valence electrons. The van der Waals surface area contributed by atoms with Gasteiger partial charge in [-0.1, -0.05) is 39.8 Å². The average Bonchev–Trinajstić information content (AvgIpc) is 3.29. The van der Waals surface area contributed by atoms with Crippen LogP contribution in [0.4, 0.5) is 0 Å². The quantitative estimate of drug-likeness (QED) is 0.802. The number of likely N-dealkylation sites (tertiary alicyclic amines) is 1. The molecule has 2 heterocycles. The second-order valence-corrected chi connectivity index (χ2v) is 8.64. The van der Waals surface area contributed by atoms with Crippen molar-refractivity contribution in [2.45, 2.75) is 51.5 Å². The molecule has 0 radical (unpaired) electrons. The Morgan fingerprint density at radius 1 is 1.29 bits per heavy atom. The number of nitrogens with zero attached hydrogens (tertiary/aromatic N) is 2. The average molecular weight is 385 g/mol. The molecule has 0 aliphatic carbocycles. The van der Waals surface area contributed by atoms with Crippen molar-refractivity contribution in [3.8, 4) is 5.75 Å². The zero-order chi connectivity index (χ0) is 20.3. The summed E-state index contributed by atoms with van der Waals surface area (Å²) in [6.45, 7) is 11.3. The van der Waals surface area contributed by atoms with E-state index in [0.717, 1.165) is 37.5 Å². The molecule has 1 aliphatic heterocycles. The summed E-state index contributed by atoms with van der Waals surface area (Å²) in [6.07, 6.45) is 1.10. The standard InChI is InChI=1S/C22H32N4O2/c1-6-11-26-13-17(15-7-9-16(28-5)10-8-15)19(14-26)23-21(27)18-12-20(25-24-18)22(2,3)4/h7-10,12,17,19H,6,11,13-14H2,1-5H3,(H,23,27)(H,24,25)/t17-,19+/m1/s1. The Bertz CT molecular complexity index is 792. The lowest BCUT2D eigenvalue weighted by Crippen LogP contribution is -2.40. The van der Waals surface area contributed by atoms with Gasteiger partial charge in [-0.3, -0.25) is 9.89 Å². The molecule has 1 fully saturated rings. The third-order valence-corrected chi connectivity index (χ3v) is 5.41. The first-order chi connectivity index (χ1) is 13.3. The summed E-state index contributed by atoms with van der Waals surface area (Å²) in [7, 11) is 1.67. The monoisotopic (exact) mass is 384 g/mol. The highest BCUT2D eigenvalue weighted by molar-refractivity contribution is 5.92. The Morgan fingerprint density at radius 3 is 2.57 bits per heavy atom. The molecule has 1 aromatic heterocycles. The van der Waals surface area contributed by atoms with Crippen molar-refractivity contribution in [2.75, 3.05) is 26.7 Å². The minimum Gasteiger partial charge on any atom is -0.497 e. The molecule has 0 bridgehead atoms. The molecule has 0 unspecified atom stereocenters. The predicted octanol–water partition coefficient (Wildman–Crippen LogP) is 3.32. The lowest BCUT2D eigenvalue weighted by atomic mass is 9.92. The first-order valence-corrected chi connectivity index (χ1v) is 10.0. The van der Waals surface area contributed by atoms with E-state index >= 15 is 0 Å². The van der Waals surface area contributed by atoms with Crippen LogP contribution in [0.3, 0.4) is 0 Å². The number of benzene rings is 1. The van der Waals surface area contributed by atoms with E-state index in [9.17, 15) is 4.79 Å². The molecule has 0 saturated carbocycles. The number of nitrogens with one attached hydrogen (secondary N) is 2. The minimum absolute atomic E-state index is 0.0576. The number of rotatable bonds is 6. The Morgan fingerprint density at radius 2 is 2.00 bits per heavy atom. The van der Waals surface area contributed by atoms with Crippen molar-refractivity contribution < 1.29 is 9.53 Å². The van der Waals surface area contributed by atoms with Crippen LogP contribution in [0, 0.1) is 0 Å². The lowest BCUT2D eigenvalue weighted by Gasteiger charge is -2.20. The van der Waals surface area contributed by atoms with Crippen LogP contribution in [-0.4, -0.2) is 53.8 Å². The van der Waals surface area contributed by atoms with Crippen LogP contribution >= 0.6 is 0 Å². The first kappa shape index (κ1) is 20.4. The maximum absolute atomic E-state index is 12.9. The largest absolute Gasteiger partial charge is 0.497 e. The van der Waals surface area contributed by atoms with Gasteiger partial charge in [0.1, 0.15) is 11.4 Å². The van der Waals surface area contributed by atoms with Crippen molar-refractivity contribution in [1.82, 2.24) is 20.4 Å². The van der Waals surface area contributed by atoms with Gasteiger partial charge < -0.3 is 15.0 Å². The fourth-order valence-corrected chi connectivity index (χ4v) is 3.78. The van der Waals surface area contributed by atoms with Crippen LogP contribution in [0.5, 0.6) is 5.75 Å². The minimum atomic E-state index is -0.117. The molecular formula is C22H32N4O2. The Labute approximate surface area is 167 Å². The predicted molar refractivity (Wildman–Crippen MR) is 111 cm³/mol. The Hall–Kier alpha value is -2.34. The van der Waals surface area contributed by atoms with Gasteiger partial charge >= 0.3 is 0 Å². The number of amides is 1. The van der Waals surface area contributed by atoms with Gasteiger partial charge in [-0.05, 0) is 36.7 Å². The molecule has 1 aliphatic rings. The van der Waals surface area contributed by atoms with E-state index in [1.54, 1.807) is 7.11 Å². The summed E-state index contributed by atoms with van der Waals surface area (Å²) in [5.41, 5.74) is 2.57. The number of aromatic amines is 1. The molecule has 2 N–H and O–H groups in total. The van der Waals surface area contributed by atoms with Crippen LogP contribution in [-0.2, 0) is 5.41 Å². The highest BCUT2D eigenvalue weighted by atomic mass is 16.5. The smallest absolute Gasteiger partial charge is 0.272 e. The van der Waals surface area contributed by atoms with Crippen LogP contribution in [0.2, 0.25) is 0 Å². The van der Waals surface area contributed by atoms with Gasteiger partial charge in [0.15, 0.2) is 0 Å². The molecule has 1 saturated heterocycles. The molecule has 6 nitrogen and oxygen atoms in total. The van der Waals surface area contributed by atoms with Gasteiger partial charge in [-0.2, -0.15) is 5.10 Å². The second-order valence-electron chi connectivity index (χ2n) is 8.64. The zero-order valence-electron chi connectivity index (χ0n) is 17.6. The molecule has 2 aromatic rings. The van der Waals surface area contributed by atoms with Gasteiger partial charge in [0.2, 0.25) is 0 Å². The van der Waals surface area contributed by atoms with Crippen LogP contribution in [0.25, 0.3) is 0 Å².